The maximum absolute atomic E-state index is 6.20. The molecule has 4 rings (SSSR count). The lowest BCUT2D eigenvalue weighted by molar-refractivity contribution is 0.301. The highest BCUT2D eigenvalue weighted by Gasteiger charge is 2.14. The van der Waals surface area contributed by atoms with Crippen LogP contribution in [0.2, 0.25) is 5.02 Å². The lowest BCUT2D eigenvalue weighted by Crippen LogP contribution is -2.10. The molecule has 0 radical (unpaired) electrons. The molecule has 3 aromatic carbocycles. The first-order valence-electron chi connectivity index (χ1n) is 9.04. The van der Waals surface area contributed by atoms with E-state index in [0.717, 1.165) is 22.4 Å². The van der Waals surface area contributed by atoms with Crippen molar-refractivity contribution < 1.29 is 4.74 Å². The molecule has 0 fully saturated rings. The van der Waals surface area contributed by atoms with E-state index < -0.39 is 0 Å². The lowest BCUT2D eigenvalue weighted by atomic mass is 10.1. The molecule has 0 saturated carbocycles. The molecule has 0 aliphatic heterocycles. The fraction of sp³-hybridized carbons (Fsp3) is 0.174. The molecular weight excluding hydrogens is 356 g/mol. The Balaban J connectivity index is 1.69. The van der Waals surface area contributed by atoms with Gasteiger partial charge < -0.3 is 9.30 Å². The van der Waals surface area contributed by atoms with Crippen LogP contribution in [-0.2, 0) is 6.54 Å². The quantitative estimate of drug-likeness (QED) is 0.423. The van der Waals surface area contributed by atoms with Gasteiger partial charge in [-0.15, -0.1) is 0 Å². The van der Waals surface area contributed by atoms with Crippen molar-refractivity contribution in [2.24, 2.45) is 0 Å². The van der Waals surface area contributed by atoms with Crippen molar-refractivity contribution in [2.45, 2.75) is 20.4 Å². The van der Waals surface area contributed by atoms with Gasteiger partial charge in [-0.1, -0.05) is 59.6 Å². The predicted octanol–water partition coefficient (Wildman–Crippen LogP) is 6.05. The Kier molecular flexibility index (Phi) is 4.87. The van der Waals surface area contributed by atoms with Gasteiger partial charge in [0.2, 0.25) is 0 Å². The van der Waals surface area contributed by atoms with E-state index in [-0.39, 0.29) is 0 Å². The molecule has 0 spiro atoms. The Hall–Kier alpha value is -2.78. The number of aryl methyl sites for hydroxylation is 2. The molecule has 3 nitrogen and oxygen atoms in total. The van der Waals surface area contributed by atoms with E-state index in [4.69, 9.17) is 21.3 Å². The average Bonchev–Trinajstić information content (AvgIpc) is 3.02. The third kappa shape index (κ3) is 3.56. The molecule has 1 aromatic heterocycles. The van der Waals surface area contributed by atoms with Gasteiger partial charge >= 0.3 is 0 Å². The van der Waals surface area contributed by atoms with Crippen LogP contribution in [0.3, 0.4) is 0 Å². The molecule has 0 unspecified atom stereocenters. The maximum Gasteiger partial charge on any atom is 0.141 e. The van der Waals surface area contributed by atoms with Crippen LogP contribution in [0.1, 0.15) is 11.1 Å². The van der Waals surface area contributed by atoms with Crippen molar-refractivity contribution in [2.75, 3.05) is 6.61 Å². The van der Waals surface area contributed by atoms with Gasteiger partial charge in [0.1, 0.15) is 18.2 Å². The van der Waals surface area contributed by atoms with Gasteiger partial charge in [-0.25, -0.2) is 4.98 Å². The molecule has 136 valence electrons. The molecular formula is C23H21ClN2O. The summed E-state index contributed by atoms with van der Waals surface area (Å²) in [5.41, 5.74) is 5.72. The van der Waals surface area contributed by atoms with Gasteiger partial charge in [0.05, 0.1) is 22.6 Å². The Bertz CT molecular complexity index is 1100. The standard InChI is InChI=1S/C23H21ClN2O/c1-16-11-12-18(17(2)15-16)23-25-20-8-4-5-9-21(20)26(23)13-14-27-22-10-6-3-7-19(22)24/h3-12,15H,13-14H2,1-2H3. The van der Waals surface area contributed by atoms with Crippen LogP contribution in [-0.4, -0.2) is 16.2 Å². The first-order valence-corrected chi connectivity index (χ1v) is 9.41. The van der Waals surface area contributed by atoms with Gasteiger partial charge in [-0.2, -0.15) is 0 Å². The Labute approximate surface area is 164 Å². The molecule has 0 aliphatic carbocycles. The number of hydrogen-bond donors (Lipinski definition) is 0. The van der Waals surface area contributed by atoms with Gasteiger partial charge in [-0.3, -0.25) is 0 Å². The number of hydrogen-bond acceptors (Lipinski definition) is 2. The summed E-state index contributed by atoms with van der Waals surface area (Å²) >= 11 is 6.20. The smallest absolute Gasteiger partial charge is 0.141 e. The van der Waals surface area contributed by atoms with Crippen LogP contribution in [0.25, 0.3) is 22.4 Å². The Morgan fingerprint density at radius 2 is 1.74 bits per heavy atom. The summed E-state index contributed by atoms with van der Waals surface area (Å²) < 4.78 is 8.14. The lowest BCUT2D eigenvalue weighted by Gasteiger charge is -2.13. The Morgan fingerprint density at radius 1 is 0.963 bits per heavy atom. The number of benzene rings is 3. The zero-order chi connectivity index (χ0) is 18.8. The van der Waals surface area contributed by atoms with E-state index in [1.165, 1.54) is 11.1 Å². The van der Waals surface area contributed by atoms with E-state index in [9.17, 15) is 0 Å². The topological polar surface area (TPSA) is 27.1 Å². The van der Waals surface area contributed by atoms with Crippen molar-refractivity contribution in [3.63, 3.8) is 0 Å². The van der Waals surface area contributed by atoms with Gasteiger partial charge in [0.15, 0.2) is 0 Å². The van der Waals surface area contributed by atoms with E-state index in [1.807, 2.05) is 42.5 Å². The van der Waals surface area contributed by atoms with Crippen molar-refractivity contribution in [1.29, 1.82) is 0 Å². The van der Waals surface area contributed by atoms with E-state index in [0.29, 0.717) is 23.9 Å². The highest BCUT2D eigenvalue weighted by atomic mass is 35.5. The normalized spacial score (nSPS) is 11.1. The first-order chi connectivity index (χ1) is 13.1. The molecule has 4 aromatic rings. The van der Waals surface area contributed by atoms with Crippen molar-refractivity contribution >= 4 is 22.6 Å². The fourth-order valence-electron chi connectivity index (χ4n) is 3.38. The predicted molar refractivity (Wildman–Crippen MR) is 112 cm³/mol. The molecule has 27 heavy (non-hydrogen) atoms. The summed E-state index contributed by atoms with van der Waals surface area (Å²) in [6.07, 6.45) is 0. The summed E-state index contributed by atoms with van der Waals surface area (Å²) in [6, 6.07) is 22.2. The summed E-state index contributed by atoms with van der Waals surface area (Å²) in [4.78, 5) is 4.90. The minimum Gasteiger partial charge on any atom is -0.490 e. The number of rotatable bonds is 5. The molecule has 0 aliphatic rings. The largest absolute Gasteiger partial charge is 0.490 e. The Morgan fingerprint density at radius 3 is 2.56 bits per heavy atom. The molecule has 0 atom stereocenters. The average molecular weight is 377 g/mol. The second-order valence-electron chi connectivity index (χ2n) is 6.67. The number of halogens is 1. The number of ether oxygens (including phenoxy) is 1. The minimum atomic E-state index is 0.516. The van der Waals surface area contributed by atoms with Crippen molar-refractivity contribution in [3.8, 4) is 17.1 Å². The zero-order valence-corrected chi connectivity index (χ0v) is 16.2. The van der Waals surface area contributed by atoms with Crippen LogP contribution < -0.4 is 4.74 Å². The SMILES string of the molecule is Cc1ccc(-c2nc3ccccc3n2CCOc2ccccc2Cl)c(C)c1. The molecule has 4 heteroatoms. The number of imidazole rings is 1. The van der Waals surface area contributed by atoms with Crippen LogP contribution in [0.15, 0.2) is 66.7 Å². The number of aromatic nitrogens is 2. The maximum atomic E-state index is 6.20. The number of para-hydroxylation sites is 3. The van der Waals surface area contributed by atoms with Gasteiger partial charge in [0.25, 0.3) is 0 Å². The zero-order valence-electron chi connectivity index (χ0n) is 15.4. The van der Waals surface area contributed by atoms with Crippen LogP contribution in [0, 0.1) is 13.8 Å². The highest BCUT2D eigenvalue weighted by molar-refractivity contribution is 6.32. The van der Waals surface area contributed by atoms with E-state index in [1.54, 1.807) is 0 Å². The van der Waals surface area contributed by atoms with Crippen LogP contribution in [0.5, 0.6) is 5.75 Å². The van der Waals surface area contributed by atoms with Crippen LogP contribution >= 0.6 is 11.6 Å². The molecule has 0 N–H and O–H groups in total. The van der Waals surface area contributed by atoms with Crippen molar-refractivity contribution in [1.82, 2.24) is 9.55 Å². The van der Waals surface area contributed by atoms with Gasteiger partial charge in [-0.05, 0) is 43.7 Å². The monoisotopic (exact) mass is 376 g/mol. The highest BCUT2D eigenvalue weighted by Crippen LogP contribution is 2.28. The van der Waals surface area contributed by atoms with Gasteiger partial charge in [0, 0.05) is 5.56 Å². The molecule has 0 saturated heterocycles. The van der Waals surface area contributed by atoms with Crippen molar-refractivity contribution in [3.05, 3.63) is 82.9 Å². The summed E-state index contributed by atoms with van der Waals surface area (Å²) in [6.45, 7) is 5.44. The van der Waals surface area contributed by atoms with Crippen LogP contribution in [0.4, 0.5) is 0 Å². The first kappa shape index (κ1) is 17.6. The fourth-order valence-corrected chi connectivity index (χ4v) is 3.57. The summed E-state index contributed by atoms with van der Waals surface area (Å²) in [5.74, 6) is 1.67. The second kappa shape index (κ2) is 7.45. The summed E-state index contributed by atoms with van der Waals surface area (Å²) in [7, 11) is 0. The van der Waals surface area contributed by atoms with E-state index in [2.05, 4.69) is 42.7 Å². The number of nitrogens with zero attached hydrogens (tertiary/aromatic N) is 2. The third-order valence-corrected chi connectivity index (χ3v) is 5.00. The molecule has 1 heterocycles. The third-order valence-electron chi connectivity index (χ3n) is 4.69. The summed E-state index contributed by atoms with van der Waals surface area (Å²) in [5, 5.41) is 0.627. The molecule has 0 amide bonds. The minimum absolute atomic E-state index is 0.516. The van der Waals surface area contributed by atoms with E-state index >= 15 is 0 Å². The number of fused-ring (bicyclic) bond motifs is 1. The molecule has 0 bridgehead atoms. The second-order valence-corrected chi connectivity index (χ2v) is 7.08.